The molecule has 3 heteroatoms. The number of aromatic nitrogens is 2. The first-order valence-corrected chi connectivity index (χ1v) is 4.08. The summed E-state index contributed by atoms with van der Waals surface area (Å²) in [7, 11) is 0. The van der Waals surface area contributed by atoms with Crippen molar-refractivity contribution in [1.82, 2.24) is 9.78 Å². The number of aryl methyl sites for hydroxylation is 1. The second-order valence-corrected chi connectivity index (χ2v) is 3.36. The van der Waals surface area contributed by atoms with Gasteiger partial charge in [-0.2, -0.15) is 10.4 Å². The summed E-state index contributed by atoms with van der Waals surface area (Å²) in [5, 5.41) is 12.7. The van der Waals surface area contributed by atoms with Crippen molar-refractivity contribution in [3.63, 3.8) is 0 Å². The van der Waals surface area contributed by atoms with Crippen molar-refractivity contribution in [3.05, 3.63) is 17.5 Å². The summed E-state index contributed by atoms with van der Waals surface area (Å²) in [6, 6.07) is 3.84. The Kier molecular flexibility index (Phi) is 2.49. The van der Waals surface area contributed by atoms with Gasteiger partial charge < -0.3 is 0 Å². The first-order valence-electron chi connectivity index (χ1n) is 4.08. The van der Waals surface area contributed by atoms with Crippen LogP contribution in [-0.2, 0) is 6.54 Å². The lowest BCUT2D eigenvalue weighted by Crippen LogP contribution is -2.07. The van der Waals surface area contributed by atoms with Crippen molar-refractivity contribution < 1.29 is 0 Å². The fraction of sp³-hybridized carbons (Fsp3) is 0.556. The Labute approximate surface area is 72.6 Å². The third kappa shape index (κ3) is 1.85. The van der Waals surface area contributed by atoms with Gasteiger partial charge in [0.2, 0.25) is 0 Å². The summed E-state index contributed by atoms with van der Waals surface area (Å²) in [5.41, 5.74) is 1.56. The molecule has 0 bridgehead atoms. The zero-order valence-corrected chi connectivity index (χ0v) is 7.70. The summed E-state index contributed by atoms with van der Waals surface area (Å²) in [6.45, 7) is 7.12. The minimum Gasteiger partial charge on any atom is -0.268 e. The van der Waals surface area contributed by atoms with E-state index < -0.39 is 0 Å². The summed E-state index contributed by atoms with van der Waals surface area (Å²) in [5.74, 6) is 0.565. The van der Waals surface area contributed by atoms with Gasteiger partial charge in [-0.15, -0.1) is 0 Å². The third-order valence-electron chi connectivity index (χ3n) is 1.63. The van der Waals surface area contributed by atoms with E-state index in [9.17, 15) is 0 Å². The molecule has 0 amide bonds. The fourth-order valence-corrected chi connectivity index (χ4v) is 1.10. The molecule has 0 spiro atoms. The molecule has 12 heavy (non-hydrogen) atoms. The summed E-state index contributed by atoms with van der Waals surface area (Å²) in [4.78, 5) is 0. The van der Waals surface area contributed by atoms with Crippen molar-refractivity contribution in [2.45, 2.75) is 27.3 Å². The van der Waals surface area contributed by atoms with Gasteiger partial charge in [-0.05, 0) is 18.9 Å². The standard InChI is InChI=1S/C9H13N3/c1-7(2)6-12-8(3)4-9(5-10)11-12/h4,7H,6H2,1-3H3. The van der Waals surface area contributed by atoms with Crippen LogP contribution in [0.2, 0.25) is 0 Å². The molecule has 0 unspecified atom stereocenters. The average Bonchev–Trinajstić information content (AvgIpc) is 2.31. The molecule has 1 aromatic rings. The van der Waals surface area contributed by atoms with Crippen LogP contribution in [0.3, 0.4) is 0 Å². The molecule has 0 aliphatic carbocycles. The van der Waals surface area contributed by atoms with E-state index in [1.54, 1.807) is 0 Å². The van der Waals surface area contributed by atoms with E-state index in [0.29, 0.717) is 11.6 Å². The van der Waals surface area contributed by atoms with Gasteiger partial charge in [-0.1, -0.05) is 13.8 Å². The van der Waals surface area contributed by atoms with Crippen molar-refractivity contribution in [1.29, 1.82) is 5.26 Å². The zero-order chi connectivity index (χ0) is 9.14. The SMILES string of the molecule is Cc1cc(C#N)nn1CC(C)C. The van der Waals surface area contributed by atoms with E-state index in [4.69, 9.17) is 5.26 Å². The highest BCUT2D eigenvalue weighted by atomic mass is 15.3. The van der Waals surface area contributed by atoms with E-state index in [1.165, 1.54) is 0 Å². The first-order chi connectivity index (χ1) is 5.63. The van der Waals surface area contributed by atoms with Crippen molar-refractivity contribution in [2.75, 3.05) is 0 Å². The Morgan fingerprint density at radius 3 is 2.75 bits per heavy atom. The molecule has 64 valence electrons. The monoisotopic (exact) mass is 163 g/mol. The molecular weight excluding hydrogens is 150 g/mol. The average molecular weight is 163 g/mol. The Balaban J connectivity index is 2.86. The Hall–Kier alpha value is -1.30. The van der Waals surface area contributed by atoms with Gasteiger partial charge in [0.05, 0.1) is 0 Å². The van der Waals surface area contributed by atoms with E-state index in [2.05, 4.69) is 18.9 Å². The molecule has 3 nitrogen and oxygen atoms in total. The van der Waals surface area contributed by atoms with Crippen molar-refractivity contribution in [3.8, 4) is 6.07 Å². The van der Waals surface area contributed by atoms with Crippen LogP contribution in [0.1, 0.15) is 25.2 Å². The van der Waals surface area contributed by atoms with Crippen molar-refractivity contribution in [2.24, 2.45) is 5.92 Å². The molecule has 0 fully saturated rings. The molecule has 1 heterocycles. The maximum Gasteiger partial charge on any atom is 0.162 e. The number of nitriles is 1. The molecule has 0 N–H and O–H groups in total. The highest BCUT2D eigenvalue weighted by Gasteiger charge is 2.04. The van der Waals surface area contributed by atoms with Gasteiger partial charge >= 0.3 is 0 Å². The Bertz CT molecular complexity index is 304. The summed E-state index contributed by atoms with van der Waals surface area (Å²) >= 11 is 0. The lowest BCUT2D eigenvalue weighted by atomic mass is 10.2. The van der Waals surface area contributed by atoms with E-state index in [0.717, 1.165) is 12.2 Å². The van der Waals surface area contributed by atoms with Crippen LogP contribution in [0.15, 0.2) is 6.07 Å². The number of rotatable bonds is 2. The smallest absolute Gasteiger partial charge is 0.162 e. The van der Waals surface area contributed by atoms with Gasteiger partial charge in [0, 0.05) is 12.2 Å². The Morgan fingerprint density at radius 1 is 1.67 bits per heavy atom. The maximum atomic E-state index is 8.58. The van der Waals surface area contributed by atoms with Gasteiger partial charge in [0.15, 0.2) is 5.69 Å². The molecule has 1 aromatic heterocycles. The third-order valence-corrected chi connectivity index (χ3v) is 1.63. The van der Waals surface area contributed by atoms with Crippen LogP contribution in [0.5, 0.6) is 0 Å². The predicted octanol–water partition coefficient (Wildman–Crippen LogP) is 1.72. The number of nitrogens with zero attached hydrogens (tertiary/aromatic N) is 3. The predicted molar refractivity (Wildman–Crippen MR) is 46.5 cm³/mol. The lowest BCUT2D eigenvalue weighted by molar-refractivity contribution is 0.474. The minimum absolute atomic E-state index is 0.508. The topological polar surface area (TPSA) is 41.6 Å². The van der Waals surface area contributed by atoms with Crippen LogP contribution < -0.4 is 0 Å². The quantitative estimate of drug-likeness (QED) is 0.666. The molecule has 0 atom stereocenters. The van der Waals surface area contributed by atoms with Crippen LogP contribution in [0, 0.1) is 24.2 Å². The normalized spacial score (nSPS) is 10.2. The number of hydrogen-bond donors (Lipinski definition) is 0. The summed E-state index contributed by atoms with van der Waals surface area (Å²) < 4.78 is 1.88. The van der Waals surface area contributed by atoms with E-state index in [-0.39, 0.29) is 0 Å². The van der Waals surface area contributed by atoms with Crippen LogP contribution in [0.4, 0.5) is 0 Å². The molecule has 0 radical (unpaired) electrons. The van der Waals surface area contributed by atoms with E-state index >= 15 is 0 Å². The first kappa shape index (κ1) is 8.79. The van der Waals surface area contributed by atoms with E-state index in [1.807, 2.05) is 23.7 Å². The largest absolute Gasteiger partial charge is 0.268 e. The molecule has 0 aliphatic rings. The Morgan fingerprint density at radius 2 is 2.33 bits per heavy atom. The second kappa shape index (κ2) is 3.40. The second-order valence-electron chi connectivity index (χ2n) is 3.36. The van der Waals surface area contributed by atoms with Crippen LogP contribution in [-0.4, -0.2) is 9.78 Å². The zero-order valence-electron chi connectivity index (χ0n) is 7.70. The van der Waals surface area contributed by atoms with Gasteiger partial charge in [0.25, 0.3) is 0 Å². The summed E-state index contributed by atoms with van der Waals surface area (Å²) in [6.07, 6.45) is 0. The molecule has 0 aromatic carbocycles. The fourth-order valence-electron chi connectivity index (χ4n) is 1.10. The molecule has 0 saturated heterocycles. The molecular formula is C9H13N3. The highest BCUT2D eigenvalue weighted by molar-refractivity contribution is 5.21. The van der Waals surface area contributed by atoms with Gasteiger partial charge in [-0.25, -0.2) is 0 Å². The molecule has 0 saturated carbocycles. The number of hydrogen-bond acceptors (Lipinski definition) is 2. The molecule has 0 aliphatic heterocycles. The van der Waals surface area contributed by atoms with Crippen LogP contribution >= 0.6 is 0 Å². The minimum atomic E-state index is 0.508. The molecule has 1 rings (SSSR count). The lowest BCUT2D eigenvalue weighted by Gasteiger charge is -2.05. The van der Waals surface area contributed by atoms with Gasteiger partial charge in [0.1, 0.15) is 6.07 Å². The highest BCUT2D eigenvalue weighted by Crippen LogP contribution is 2.05. The van der Waals surface area contributed by atoms with Gasteiger partial charge in [-0.3, -0.25) is 4.68 Å². The maximum absolute atomic E-state index is 8.58. The van der Waals surface area contributed by atoms with Crippen LogP contribution in [0.25, 0.3) is 0 Å². The van der Waals surface area contributed by atoms with Crippen molar-refractivity contribution >= 4 is 0 Å².